The summed E-state index contributed by atoms with van der Waals surface area (Å²) in [5.74, 6) is -1.24. The maximum Gasteiger partial charge on any atom is 0.313 e. The van der Waals surface area contributed by atoms with E-state index in [-0.39, 0.29) is 29.2 Å². The highest BCUT2D eigenvalue weighted by Gasteiger charge is 2.22. The summed E-state index contributed by atoms with van der Waals surface area (Å²) < 4.78 is 1.42. The van der Waals surface area contributed by atoms with Crippen molar-refractivity contribution in [2.75, 3.05) is 12.8 Å². The van der Waals surface area contributed by atoms with E-state index >= 15 is 0 Å². The van der Waals surface area contributed by atoms with Gasteiger partial charge >= 0.3 is 5.97 Å². The van der Waals surface area contributed by atoms with Crippen LogP contribution in [0.25, 0.3) is 0 Å². The smallest absolute Gasteiger partial charge is 0.313 e. The van der Waals surface area contributed by atoms with Crippen LogP contribution in [-0.4, -0.2) is 49.7 Å². The average Bonchev–Trinajstić information content (AvgIpc) is 2.77. The Morgan fingerprint density at radius 2 is 2.17 bits per heavy atom. The zero-order chi connectivity index (χ0) is 13.7. The quantitative estimate of drug-likeness (QED) is 0.584. The molecule has 0 aromatic carbocycles. The number of hydrogen-bond donors (Lipinski definition) is 3. The molecule has 1 aromatic rings. The number of hydrogen-bond acceptors (Lipinski definition) is 6. The molecule has 0 spiro atoms. The van der Waals surface area contributed by atoms with Crippen molar-refractivity contribution in [1.82, 2.24) is 20.1 Å². The lowest BCUT2D eigenvalue weighted by atomic mass is 10.3. The number of carbonyl (C=O) groups is 2. The molecule has 0 saturated carbocycles. The van der Waals surface area contributed by atoms with Gasteiger partial charge in [-0.2, -0.15) is 0 Å². The minimum absolute atomic E-state index is 0.190. The topological polar surface area (TPSA) is 117 Å². The molecule has 0 fully saturated rings. The molecule has 18 heavy (non-hydrogen) atoms. The van der Waals surface area contributed by atoms with Gasteiger partial charge in [-0.3, -0.25) is 14.2 Å². The monoisotopic (exact) mass is 274 g/mol. The molecule has 1 unspecified atom stereocenters. The van der Waals surface area contributed by atoms with Crippen molar-refractivity contribution in [2.24, 2.45) is 0 Å². The van der Waals surface area contributed by atoms with Gasteiger partial charge in [0, 0.05) is 7.05 Å². The predicted octanol–water partition coefficient (Wildman–Crippen LogP) is -0.746. The van der Waals surface area contributed by atoms with Crippen LogP contribution in [0.15, 0.2) is 5.16 Å². The molecule has 1 amide bonds. The number of nitrogens with zero attached hydrogens (tertiary/aromatic N) is 3. The number of nitrogens with one attached hydrogen (secondary N) is 1. The van der Waals surface area contributed by atoms with Gasteiger partial charge in [0.05, 0.1) is 5.75 Å². The van der Waals surface area contributed by atoms with E-state index in [4.69, 9.17) is 10.2 Å². The van der Waals surface area contributed by atoms with Crippen molar-refractivity contribution in [3.63, 3.8) is 0 Å². The largest absolute Gasteiger partial charge is 0.481 e. The Hall–Kier alpha value is -1.61. The summed E-state index contributed by atoms with van der Waals surface area (Å²) in [5, 5.41) is 28.0. The van der Waals surface area contributed by atoms with Crippen LogP contribution in [0.4, 0.5) is 0 Å². The van der Waals surface area contributed by atoms with Crippen LogP contribution in [0, 0.1) is 0 Å². The fourth-order valence-corrected chi connectivity index (χ4v) is 2.11. The SMILES string of the molecule is CNC(=O)C(C)n1c(CO)nnc1SCC(=O)O. The third kappa shape index (κ3) is 3.20. The van der Waals surface area contributed by atoms with E-state index in [0.29, 0.717) is 0 Å². The zero-order valence-corrected chi connectivity index (χ0v) is 10.8. The molecule has 0 aliphatic heterocycles. The van der Waals surface area contributed by atoms with Gasteiger partial charge in [-0.1, -0.05) is 11.8 Å². The predicted molar refractivity (Wildman–Crippen MR) is 63.1 cm³/mol. The third-order valence-electron chi connectivity index (χ3n) is 2.21. The van der Waals surface area contributed by atoms with Crippen LogP contribution in [0.3, 0.4) is 0 Å². The van der Waals surface area contributed by atoms with E-state index in [0.717, 1.165) is 11.8 Å². The molecular weight excluding hydrogens is 260 g/mol. The summed E-state index contributed by atoms with van der Waals surface area (Å²) in [5.41, 5.74) is 0. The Bertz CT molecular complexity index is 448. The summed E-state index contributed by atoms with van der Waals surface area (Å²) in [6, 6.07) is -0.622. The van der Waals surface area contributed by atoms with Crippen LogP contribution in [-0.2, 0) is 16.2 Å². The summed E-state index contributed by atoms with van der Waals surface area (Å²) in [4.78, 5) is 22.1. The van der Waals surface area contributed by atoms with Gasteiger partial charge < -0.3 is 15.5 Å². The molecule has 0 radical (unpaired) electrons. The second kappa shape index (κ2) is 6.36. The maximum absolute atomic E-state index is 11.6. The molecule has 1 rings (SSSR count). The molecule has 1 aromatic heterocycles. The second-order valence-electron chi connectivity index (χ2n) is 3.40. The minimum atomic E-state index is -0.993. The number of carboxylic acids is 1. The highest BCUT2D eigenvalue weighted by atomic mass is 32.2. The van der Waals surface area contributed by atoms with Crippen LogP contribution in [0.2, 0.25) is 0 Å². The third-order valence-corrected chi connectivity index (χ3v) is 3.14. The highest BCUT2D eigenvalue weighted by molar-refractivity contribution is 7.99. The molecule has 0 saturated heterocycles. The highest BCUT2D eigenvalue weighted by Crippen LogP contribution is 2.21. The maximum atomic E-state index is 11.6. The van der Waals surface area contributed by atoms with Crippen LogP contribution in [0.1, 0.15) is 18.8 Å². The van der Waals surface area contributed by atoms with Crippen molar-refractivity contribution in [3.8, 4) is 0 Å². The zero-order valence-electron chi connectivity index (χ0n) is 9.95. The van der Waals surface area contributed by atoms with Crippen molar-refractivity contribution in [2.45, 2.75) is 24.7 Å². The number of rotatable bonds is 6. The van der Waals surface area contributed by atoms with E-state index in [1.165, 1.54) is 11.6 Å². The molecule has 1 atom stereocenters. The first-order valence-corrected chi connectivity index (χ1v) is 6.10. The summed E-state index contributed by atoms with van der Waals surface area (Å²) >= 11 is 0.946. The molecule has 100 valence electrons. The lowest BCUT2D eigenvalue weighted by Gasteiger charge is -2.15. The number of aliphatic carboxylic acids is 1. The van der Waals surface area contributed by atoms with Gasteiger partial charge in [-0.15, -0.1) is 10.2 Å². The number of carbonyl (C=O) groups excluding carboxylic acids is 1. The Morgan fingerprint density at radius 3 is 2.67 bits per heavy atom. The lowest BCUT2D eigenvalue weighted by molar-refractivity contribution is -0.133. The molecule has 1 heterocycles. The van der Waals surface area contributed by atoms with E-state index in [9.17, 15) is 9.59 Å². The van der Waals surface area contributed by atoms with Gasteiger partial charge in [0.15, 0.2) is 11.0 Å². The number of aromatic nitrogens is 3. The van der Waals surface area contributed by atoms with E-state index in [1.54, 1.807) is 6.92 Å². The van der Waals surface area contributed by atoms with Crippen LogP contribution < -0.4 is 5.32 Å². The van der Waals surface area contributed by atoms with E-state index in [1.807, 2.05) is 0 Å². The van der Waals surface area contributed by atoms with Gasteiger partial charge in [0.2, 0.25) is 5.91 Å². The number of aliphatic hydroxyl groups is 1. The van der Waals surface area contributed by atoms with Gasteiger partial charge in [0.1, 0.15) is 12.6 Å². The second-order valence-corrected chi connectivity index (χ2v) is 4.34. The molecule has 8 nitrogen and oxygen atoms in total. The first kappa shape index (κ1) is 14.5. The molecule has 0 bridgehead atoms. The molecule has 3 N–H and O–H groups in total. The molecule has 9 heteroatoms. The first-order chi connectivity index (χ1) is 8.51. The lowest BCUT2D eigenvalue weighted by Crippen LogP contribution is -2.29. The Morgan fingerprint density at radius 1 is 1.50 bits per heavy atom. The van der Waals surface area contributed by atoms with Crippen LogP contribution in [0.5, 0.6) is 0 Å². The molecule has 0 aliphatic rings. The van der Waals surface area contributed by atoms with Crippen LogP contribution >= 0.6 is 11.8 Å². The first-order valence-electron chi connectivity index (χ1n) is 5.12. The number of amides is 1. The fourth-order valence-electron chi connectivity index (χ4n) is 1.36. The van der Waals surface area contributed by atoms with E-state index < -0.39 is 12.0 Å². The Balaban J connectivity index is 3.01. The minimum Gasteiger partial charge on any atom is -0.481 e. The number of thioether (sulfide) groups is 1. The molecule has 0 aliphatic carbocycles. The summed E-state index contributed by atoms with van der Waals surface area (Å²) in [6.07, 6.45) is 0. The average molecular weight is 274 g/mol. The van der Waals surface area contributed by atoms with Gasteiger partial charge in [0.25, 0.3) is 0 Å². The Labute approximate surface area is 107 Å². The Kier molecular flexibility index (Phi) is 5.10. The van der Waals surface area contributed by atoms with Crippen molar-refractivity contribution < 1.29 is 19.8 Å². The van der Waals surface area contributed by atoms with Crippen molar-refractivity contribution in [3.05, 3.63) is 5.82 Å². The number of likely N-dealkylation sites (N-methyl/N-ethyl adjacent to an activating group) is 1. The van der Waals surface area contributed by atoms with Crippen molar-refractivity contribution in [1.29, 1.82) is 0 Å². The number of aliphatic hydroxyl groups excluding tert-OH is 1. The van der Waals surface area contributed by atoms with E-state index in [2.05, 4.69) is 15.5 Å². The number of carboxylic acid groups (broad SMARTS) is 1. The normalized spacial score (nSPS) is 12.2. The molecular formula is C9H14N4O4S. The fraction of sp³-hybridized carbons (Fsp3) is 0.556. The van der Waals surface area contributed by atoms with Crippen molar-refractivity contribution >= 4 is 23.6 Å². The summed E-state index contributed by atoms with van der Waals surface area (Å²) in [6.45, 7) is 1.24. The summed E-state index contributed by atoms with van der Waals surface area (Å²) in [7, 11) is 1.49. The van der Waals surface area contributed by atoms with Gasteiger partial charge in [-0.05, 0) is 6.92 Å². The standard InChI is InChI=1S/C9H14N4O4S/c1-5(8(17)10-2)13-6(3-14)11-12-9(13)18-4-7(15)16/h5,14H,3-4H2,1-2H3,(H,10,17)(H,15,16). The van der Waals surface area contributed by atoms with Gasteiger partial charge in [-0.25, -0.2) is 0 Å².